The van der Waals surface area contributed by atoms with Crippen molar-refractivity contribution >= 4 is 11.9 Å². The van der Waals surface area contributed by atoms with E-state index in [9.17, 15) is 9.59 Å². The van der Waals surface area contributed by atoms with Crippen molar-refractivity contribution in [2.75, 3.05) is 39.6 Å². The van der Waals surface area contributed by atoms with Crippen LogP contribution in [0.5, 0.6) is 0 Å². The monoisotopic (exact) mass is 370 g/mol. The van der Waals surface area contributed by atoms with Crippen LogP contribution in [0.4, 0.5) is 0 Å². The Labute approximate surface area is 156 Å². The highest BCUT2D eigenvalue weighted by atomic mass is 16.6. The molecule has 0 aromatic rings. The second-order valence-electron chi connectivity index (χ2n) is 7.93. The van der Waals surface area contributed by atoms with Crippen molar-refractivity contribution < 1.29 is 28.5 Å². The lowest BCUT2D eigenvalue weighted by atomic mass is 9.84. The summed E-state index contributed by atoms with van der Waals surface area (Å²) in [5.41, 5.74) is 0.107. The number of hydrogen-bond acceptors (Lipinski definition) is 6. The number of ether oxygens (including phenoxy) is 4. The standard InChI is InChI=1S/C20H34O6/c1-3-19(11-23-12-19)15-25-17(21)9-7-5-6-8-10-18(22)26-16-20(4-2)13-24-14-20/h3-16H2,1-2H3. The molecule has 0 bridgehead atoms. The van der Waals surface area contributed by atoms with Crippen molar-refractivity contribution in [1.29, 1.82) is 0 Å². The number of unbranched alkanes of at least 4 members (excludes halogenated alkanes) is 3. The van der Waals surface area contributed by atoms with E-state index in [-0.39, 0.29) is 22.8 Å². The Morgan fingerprint density at radius 3 is 1.38 bits per heavy atom. The van der Waals surface area contributed by atoms with Crippen LogP contribution in [0.25, 0.3) is 0 Å². The van der Waals surface area contributed by atoms with Gasteiger partial charge in [0.25, 0.3) is 0 Å². The van der Waals surface area contributed by atoms with Gasteiger partial charge in [0.2, 0.25) is 0 Å². The highest BCUT2D eigenvalue weighted by molar-refractivity contribution is 5.69. The maximum atomic E-state index is 11.8. The van der Waals surface area contributed by atoms with Crippen LogP contribution in [-0.2, 0) is 28.5 Å². The first-order chi connectivity index (χ1) is 12.5. The molecule has 0 aromatic heterocycles. The van der Waals surface area contributed by atoms with Crippen molar-refractivity contribution in [2.24, 2.45) is 10.8 Å². The van der Waals surface area contributed by atoms with Crippen molar-refractivity contribution in [3.8, 4) is 0 Å². The van der Waals surface area contributed by atoms with Gasteiger partial charge in [0.15, 0.2) is 0 Å². The first-order valence-corrected chi connectivity index (χ1v) is 10.00. The van der Waals surface area contributed by atoms with Gasteiger partial charge in [0.1, 0.15) is 13.2 Å². The molecular formula is C20H34O6. The van der Waals surface area contributed by atoms with Crippen LogP contribution >= 0.6 is 0 Å². The topological polar surface area (TPSA) is 71.1 Å². The molecule has 26 heavy (non-hydrogen) atoms. The molecule has 2 rings (SSSR count). The minimum atomic E-state index is -0.128. The summed E-state index contributed by atoms with van der Waals surface area (Å²) < 4.78 is 21.2. The van der Waals surface area contributed by atoms with Gasteiger partial charge in [-0.15, -0.1) is 0 Å². The molecule has 0 atom stereocenters. The molecule has 0 aliphatic carbocycles. The first kappa shape index (κ1) is 21.2. The molecule has 2 heterocycles. The van der Waals surface area contributed by atoms with E-state index in [4.69, 9.17) is 18.9 Å². The van der Waals surface area contributed by atoms with Gasteiger partial charge in [0, 0.05) is 12.8 Å². The molecule has 2 saturated heterocycles. The maximum Gasteiger partial charge on any atom is 0.305 e. The quantitative estimate of drug-likeness (QED) is 0.366. The Kier molecular flexibility index (Phi) is 8.35. The molecule has 0 aromatic carbocycles. The number of carbonyl (C=O) groups excluding carboxylic acids is 2. The van der Waals surface area contributed by atoms with E-state index in [0.29, 0.717) is 52.5 Å². The molecule has 150 valence electrons. The lowest BCUT2D eigenvalue weighted by Crippen LogP contribution is -2.46. The fourth-order valence-corrected chi connectivity index (χ4v) is 3.06. The van der Waals surface area contributed by atoms with Crippen LogP contribution in [-0.4, -0.2) is 51.6 Å². The zero-order valence-electron chi connectivity index (χ0n) is 16.3. The van der Waals surface area contributed by atoms with Gasteiger partial charge < -0.3 is 18.9 Å². The Morgan fingerprint density at radius 1 is 0.731 bits per heavy atom. The van der Waals surface area contributed by atoms with Gasteiger partial charge >= 0.3 is 11.9 Å². The molecule has 0 unspecified atom stereocenters. The zero-order chi connectivity index (χ0) is 18.9. The lowest BCUT2D eigenvalue weighted by Gasteiger charge is -2.39. The van der Waals surface area contributed by atoms with E-state index in [2.05, 4.69) is 13.8 Å². The molecule has 2 aliphatic heterocycles. The summed E-state index contributed by atoms with van der Waals surface area (Å²) in [4.78, 5) is 23.6. The van der Waals surface area contributed by atoms with E-state index >= 15 is 0 Å². The molecule has 6 nitrogen and oxygen atoms in total. The van der Waals surface area contributed by atoms with Crippen molar-refractivity contribution in [2.45, 2.75) is 65.2 Å². The summed E-state index contributed by atoms with van der Waals surface area (Å²) in [6.45, 7) is 7.92. The van der Waals surface area contributed by atoms with E-state index < -0.39 is 0 Å². The van der Waals surface area contributed by atoms with Gasteiger partial charge in [0.05, 0.1) is 37.3 Å². The maximum absolute atomic E-state index is 11.8. The number of esters is 2. The Morgan fingerprint density at radius 2 is 1.12 bits per heavy atom. The zero-order valence-corrected chi connectivity index (χ0v) is 16.3. The predicted octanol–water partition coefficient (Wildman–Crippen LogP) is 3.27. The van der Waals surface area contributed by atoms with Crippen LogP contribution in [0.15, 0.2) is 0 Å². The minimum absolute atomic E-state index is 0.0536. The normalized spacial score (nSPS) is 19.9. The summed E-state index contributed by atoms with van der Waals surface area (Å²) in [5.74, 6) is -0.256. The largest absolute Gasteiger partial charge is 0.465 e. The second-order valence-corrected chi connectivity index (χ2v) is 7.93. The number of rotatable bonds is 13. The fourth-order valence-electron chi connectivity index (χ4n) is 3.06. The van der Waals surface area contributed by atoms with Crippen molar-refractivity contribution in [3.63, 3.8) is 0 Å². The molecule has 0 amide bonds. The van der Waals surface area contributed by atoms with Crippen LogP contribution in [0.2, 0.25) is 0 Å². The van der Waals surface area contributed by atoms with Gasteiger partial charge in [-0.2, -0.15) is 0 Å². The average molecular weight is 370 g/mol. The Hall–Kier alpha value is -1.14. The van der Waals surface area contributed by atoms with Crippen LogP contribution in [0.3, 0.4) is 0 Å². The molecule has 0 spiro atoms. The van der Waals surface area contributed by atoms with Gasteiger partial charge in [-0.1, -0.05) is 26.7 Å². The lowest BCUT2D eigenvalue weighted by molar-refractivity contribution is -0.171. The molecule has 2 fully saturated rings. The van der Waals surface area contributed by atoms with E-state index in [0.717, 1.165) is 38.5 Å². The second kappa shape index (κ2) is 10.3. The number of carbonyl (C=O) groups is 2. The third-order valence-electron chi connectivity index (χ3n) is 5.72. The van der Waals surface area contributed by atoms with Gasteiger partial charge in [-0.25, -0.2) is 0 Å². The van der Waals surface area contributed by atoms with Crippen molar-refractivity contribution in [1.82, 2.24) is 0 Å². The Bertz CT molecular complexity index is 400. The molecular weight excluding hydrogens is 336 g/mol. The SMILES string of the molecule is CCC1(COC(=O)CCCCCCC(=O)OCC2(CC)COC2)COC1. The molecule has 0 radical (unpaired) electrons. The third-order valence-corrected chi connectivity index (χ3v) is 5.72. The highest BCUT2D eigenvalue weighted by Crippen LogP contribution is 2.32. The minimum Gasteiger partial charge on any atom is -0.465 e. The summed E-state index contributed by atoms with van der Waals surface area (Å²) >= 11 is 0. The third kappa shape index (κ3) is 6.23. The first-order valence-electron chi connectivity index (χ1n) is 10.00. The predicted molar refractivity (Wildman–Crippen MR) is 96.7 cm³/mol. The summed E-state index contributed by atoms with van der Waals surface area (Å²) in [7, 11) is 0. The Balaban J connectivity index is 1.42. The van der Waals surface area contributed by atoms with Gasteiger partial charge in [-0.05, 0) is 25.7 Å². The summed E-state index contributed by atoms with van der Waals surface area (Å²) in [6, 6.07) is 0. The van der Waals surface area contributed by atoms with E-state index in [1.165, 1.54) is 0 Å². The highest BCUT2D eigenvalue weighted by Gasteiger charge is 2.38. The summed E-state index contributed by atoms with van der Waals surface area (Å²) in [5, 5.41) is 0. The molecule has 0 saturated carbocycles. The molecule has 0 N–H and O–H groups in total. The van der Waals surface area contributed by atoms with E-state index in [1.807, 2.05) is 0 Å². The molecule has 6 heteroatoms. The van der Waals surface area contributed by atoms with Crippen LogP contribution < -0.4 is 0 Å². The fraction of sp³-hybridized carbons (Fsp3) is 0.900. The van der Waals surface area contributed by atoms with Crippen LogP contribution in [0.1, 0.15) is 65.2 Å². The van der Waals surface area contributed by atoms with Gasteiger partial charge in [-0.3, -0.25) is 9.59 Å². The number of hydrogen-bond donors (Lipinski definition) is 0. The smallest absolute Gasteiger partial charge is 0.305 e. The van der Waals surface area contributed by atoms with E-state index in [1.54, 1.807) is 0 Å². The molecule has 2 aliphatic rings. The average Bonchev–Trinajstić information content (AvgIpc) is 2.57. The summed E-state index contributed by atoms with van der Waals surface area (Å²) in [6.07, 6.45) is 6.31. The van der Waals surface area contributed by atoms with Crippen molar-refractivity contribution in [3.05, 3.63) is 0 Å². The van der Waals surface area contributed by atoms with Crippen LogP contribution in [0, 0.1) is 10.8 Å².